The molecule has 2 N–H and O–H groups in total. The molecule has 2 aromatic heterocycles. The Morgan fingerprint density at radius 3 is 2.94 bits per heavy atom. The number of amides is 1. The van der Waals surface area contributed by atoms with Crippen LogP contribution in [0.2, 0.25) is 0 Å². The molecule has 0 saturated carbocycles. The van der Waals surface area contributed by atoms with Crippen molar-refractivity contribution in [3.05, 3.63) is 48.4 Å². The van der Waals surface area contributed by atoms with Gasteiger partial charge in [-0.15, -0.1) is 0 Å². The number of aromatic amines is 1. The second-order valence-corrected chi connectivity index (χ2v) is 3.46. The number of nitrogens with zero attached hydrogens (tertiary/aromatic N) is 1. The summed E-state index contributed by atoms with van der Waals surface area (Å²) >= 11 is 0. The number of carbonyl (C=O) groups is 1. The van der Waals surface area contributed by atoms with Crippen LogP contribution in [0.25, 0.3) is 0 Å². The number of aryl methyl sites for hydroxylation is 1. The molecule has 0 aromatic carbocycles. The molecule has 0 unspecified atom stereocenters. The van der Waals surface area contributed by atoms with Crippen LogP contribution in [0.3, 0.4) is 0 Å². The summed E-state index contributed by atoms with van der Waals surface area (Å²) in [7, 11) is 0. The minimum Gasteiger partial charge on any atom is -0.365 e. The zero-order valence-electron chi connectivity index (χ0n) is 8.81. The molecule has 0 aliphatic carbocycles. The third-order valence-corrected chi connectivity index (χ3v) is 2.22. The van der Waals surface area contributed by atoms with Gasteiger partial charge in [-0.2, -0.15) is 0 Å². The highest BCUT2D eigenvalue weighted by atomic mass is 16.1. The first kappa shape index (κ1) is 10.4. The number of anilines is 1. The lowest BCUT2D eigenvalue weighted by atomic mass is 10.2. The van der Waals surface area contributed by atoms with Crippen LogP contribution < -0.4 is 5.32 Å². The number of rotatable bonds is 4. The van der Waals surface area contributed by atoms with Gasteiger partial charge >= 0.3 is 0 Å². The average Bonchev–Trinajstić information content (AvgIpc) is 2.81. The van der Waals surface area contributed by atoms with E-state index in [1.54, 1.807) is 12.3 Å². The lowest BCUT2D eigenvalue weighted by molar-refractivity contribution is -0.116. The Kier molecular flexibility index (Phi) is 3.33. The summed E-state index contributed by atoms with van der Waals surface area (Å²) in [5.74, 6) is 0.576. The SMILES string of the molecule is O=C(CCc1ccc[nH]1)Nc1ccccn1. The fourth-order valence-electron chi connectivity index (χ4n) is 1.41. The molecule has 0 radical (unpaired) electrons. The van der Waals surface area contributed by atoms with E-state index in [9.17, 15) is 4.79 Å². The van der Waals surface area contributed by atoms with E-state index in [4.69, 9.17) is 0 Å². The van der Waals surface area contributed by atoms with Crippen molar-refractivity contribution in [1.82, 2.24) is 9.97 Å². The van der Waals surface area contributed by atoms with Crippen LogP contribution in [0.4, 0.5) is 5.82 Å². The van der Waals surface area contributed by atoms with E-state index in [0.29, 0.717) is 18.7 Å². The van der Waals surface area contributed by atoms with Gasteiger partial charge < -0.3 is 10.3 Å². The van der Waals surface area contributed by atoms with Crippen LogP contribution in [-0.4, -0.2) is 15.9 Å². The molecule has 82 valence electrons. The normalized spacial score (nSPS) is 10.0. The molecule has 2 aromatic rings. The minimum absolute atomic E-state index is 0.0201. The van der Waals surface area contributed by atoms with Gasteiger partial charge in [0.25, 0.3) is 0 Å². The van der Waals surface area contributed by atoms with Crippen molar-refractivity contribution in [2.75, 3.05) is 5.32 Å². The van der Waals surface area contributed by atoms with Crippen LogP contribution in [0.1, 0.15) is 12.1 Å². The standard InChI is InChI=1S/C12H13N3O/c16-12(7-6-10-4-3-9-13-10)15-11-5-1-2-8-14-11/h1-5,8-9,13H,6-7H2,(H,14,15,16). The van der Waals surface area contributed by atoms with Crippen LogP contribution in [0.15, 0.2) is 42.7 Å². The van der Waals surface area contributed by atoms with E-state index in [1.807, 2.05) is 30.5 Å². The number of H-pyrrole nitrogens is 1. The Labute approximate surface area is 93.7 Å². The summed E-state index contributed by atoms with van der Waals surface area (Å²) < 4.78 is 0. The van der Waals surface area contributed by atoms with Gasteiger partial charge in [0.15, 0.2) is 0 Å². The number of nitrogens with one attached hydrogen (secondary N) is 2. The smallest absolute Gasteiger partial charge is 0.225 e. The lowest BCUT2D eigenvalue weighted by Crippen LogP contribution is -2.13. The molecule has 0 aliphatic rings. The van der Waals surface area contributed by atoms with E-state index in [2.05, 4.69) is 15.3 Å². The summed E-state index contributed by atoms with van der Waals surface area (Å²) in [6.07, 6.45) is 4.68. The van der Waals surface area contributed by atoms with Gasteiger partial charge in [0, 0.05) is 24.5 Å². The Morgan fingerprint density at radius 2 is 2.25 bits per heavy atom. The summed E-state index contributed by atoms with van der Waals surface area (Å²) in [6, 6.07) is 9.31. The molecule has 2 heterocycles. The number of hydrogen-bond acceptors (Lipinski definition) is 2. The molecule has 16 heavy (non-hydrogen) atoms. The second kappa shape index (κ2) is 5.11. The van der Waals surface area contributed by atoms with Gasteiger partial charge in [0.1, 0.15) is 5.82 Å². The van der Waals surface area contributed by atoms with E-state index < -0.39 is 0 Å². The van der Waals surface area contributed by atoms with Crippen LogP contribution in [0.5, 0.6) is 0 Å². The van der Waals surface area contributed by atoms with Crippen molar-refractivity contribution in [2.24, 2.45) is 0 Å². The molecular weight excluding hydrogens is 202 g/mol. The molecule has 0 saturated heterocycles. The van der Waals surface area contributed by atoms with Crippen LogP contribution >= 0.6 is 0 Å². The topological polar surface area (TPSA) is 57.8 Å². The second-order valence-electron chi connectivity index (χ2n) is 3.46. The fraction of sp³-hybridized carbons (Fsp3) is 0.167. The Balaban J connectivity index is 1.81. The Hall–Kier alpha value is -2.10. The van der Waals surface area contributed by atoms with E-state index >= 15 is 0 Å². The number of aromatic nitrogens is 2. The molecule has 0 atom stereocenters. The van der Waals surface area contributed by atoms with Gasteiger partial charge in [-0.3, -0.25) is 4.79 Å². The minimum atomic E-state index is -0.0201. The summed E-state index contributed by atoms with van der Waals surface area (Å²) in [5, 5.41) is 2.74. The van der Waals surface area contributed by atoms with E-state index in [0.717, 1.165) is 5.69 Å². The quantitative estimate of drug-likeness (QED) is 0.819. The highest BCUT2D eigenvalue weighted by Crippen LogP contribution is 2.03. The van der Waals surface area contributed by atoms with Crippen LogP contribution in [0, 0.1) is 0 Å². The first-order valence-corrected chi connectivity index (χ1v) is 5.18. The summed E-state index contributed by atoms with van der Waals surface area (Å²) in [4.78, 5) is 18.6. The third-order valence-electron chi connectivity index (χ3n) is 2.22. The van der Waals surface area contributed by atoms with Crippen molar-refractivity contribution in [2.45, 2.75) is 12.8 Å². The van der Waals surface area contributed by atoms with Crippen molar-refractivity contribution >= 4 is 11.7 Å². The lowest BCUT2D eigenvalue weighted by Gasteiger charge is -2.02. The van der Waals surface area contributed by atoms with Crippen molar-refractivity contribution in [3.63, 3.8) is 0 Å². The maximum Gasteiger partial charge on any atom is 0.225 e. The zero-order valence-corrected chi connectivity index (χ0v) is 8.81. The molecule has 0 aliphatic heterocycles. The summed E-state index contributed by atoms with van der Waals surface area (Å²) in [6.45, 7) is 0. The van der Waals surface area contributed by atoms with Crippen LogP contribution in [-0.2, 0) is 11.2 Å². The molecule has 1 amide bonds. The van der Waals surface area contributed by atoms with E-state index in [1.165, 1.54) is 0 Å². The molecule has 4 heteroatoms. The first-order valence-electron chi connectivity index (χ1n) is 5.18. The largest absolute Gasteiger partial charge is 0.365 e. The first-order chi connectivity index (χ1) is 7.84. The predicted molar refractivity (Wildman–Crippen MR) is 62.0 cm³/mol. The van der Waals surface area contributed by atoms with Gasteiger partial charge in [-0.1, -0.05) is 6.07 Å². The molecule has 0 spiro atoms. The van der Waals surface area contributed by atoms with Gasteiger partial charge in [-0.25, -0.2) is 4.98 Å². The predicted octanol–water partition coefficient (Wildman–Crippen LogP) is 1.98. The Morgan fingerprint density at radius 1 is 1.31 bits per heavy atom. The van der Waals surface area contributed by atoms with Gasteiger partial charge in [0.2, 0.25) is 5.91 Å². The fourth-order valence-corrected chi connectivity index (χ4v) is 1.41. The number of carbonyl (C=O) groups excluding carboxylic acids is 1. The number of hydrogen-bond donors (Lipinski definition) is 2. The molecule has 0 bridgehead atoms. The van der Waals surface area contributed by atoms with Crippen molar-refractivity contribution < 1.29 is 4.79 Å². The Bertz CT molecular complexity index is 437. The average molecular weight is 215 g/mol. The summed E-state index contributed by atoms with van der Waals surface area (Å²) in [5.41, 5.74) is 1.07. The molecule has 2 rings (SSSR count). The molecule has 4 nitrogen and oxygen atoms in total. The molecule has 0 fully saturated rings. The highest BCUT2D eigenvalue weighted by molar-refractivity contribution is 5.89. The zero-order chi connectivity index (χ0) is 11.2. The van der Waals surface area contributed by atoms with Crippen molar-refractivity contribution in [1.29, 1.82) is 0 Å². The number of pyridine rings is 1. The maximum atomic E-state index is 11.5. The van der Waals surface area contributed by atoms with Gasteiger partial charge in [-0.05, 0) is 30.7 Å². The third kappa shape index (κ3) is 2.95. The molecular formula is C12H13N3O. The highest BCUT2D eigenvalue weighted by Gasteiger charge is 2.03. The van der Waals surface area contributed by atoms with Crippen molar-refractivity contribution in [3.8, 4) is 0 Å². The van der Waals surface area contributed by atoms with E-state index in [-0.39, 0.29) is 5.91 Å². The van der Waals surface area contributed by atoms with Gasteiger partial charge in [0.05, 0.1) is 0 Å². The maximum absolute atomic E-state index is 11.5. The monoisotopic (exact) mass is 215 g/mol.